The molecule has 1 aliphatic rings. The number of amides is 1. The summed E-state index contributed by atoms with van der Waals surface area (Å²) in [5.74, 6) is -1.14. The fourth-order valence-electron chi connectivity index (χ4n) is 2.05. The minimum atomic E-state index is -0.925. The smallest absolute Gasteiger partial charge is 0.326 e. The number of halogens is 1. The number of benzene rings is 1. The molecule has 1 aromatic rings. The molecule has 0 radical (unpaired) electrons. The van der Waals surface area contributed by atoms with E-state index in [-0.39, 0.29) is 5.91 Å². The minimum Gasteiger partial charge on any atom is -0.480 e. The highest BCUT2D eigenvalue weighted by atomic mass is 79.9. The summed E-state index contributed by atoms with van der Waals surface area (Å²) in [6, 6.07) is 6.32. The molecule has 1 aromatic carbocycles. The zero-order valence-corrected chi connectivity index (χ0v) is 10.7. The van der Waals surface area contributed by atoms with Crippen molar-refractivity contribution in [1.82, 2.24) is 4.90 Å². The molecule has 1 amide bonds. The van der Waals surface area contributed by atoms with Crippen LogP contribution < -0.4 is 0 Å². The number of hydrogen-bond acceptors (Lipinski definition) is 2. The third-order valence-corrected chi connectivity index (χ3v) is 3.36. The molecule has 0 aliphatic carbocycles. The Kier molecular flexibility index (Phi) is 3.47. The van der Waals surface area contributed by atoms with Gasteiger partial charge in [0.05, 0.1) is 0 Å². The Morgan fingerprint density at radius 2 is 2.18 bits per heavy atom. The Bertz CT molecular complexity index is 461. The van der Waals surface area contributed by atoms with E-state index in [1.807, 2.05) is 6.07 Å². The van der Waals surface area contributed by atoms with Crippen LogP contribution in [-0.2, 0) is 4.79 Å². The van der Waals surface area contributed by atoms with Gasteiger partial charge in [-0.15, -0.1) is 0 Å². The first-order valence-electron chi connectivity index (χ1n) is 5.39. The average Bonchev–Trinajstić information content (AvgIpc) is 2.77. The van der Waals surface area contributed by atoms with Crippen molar-refractivity contribution >= 4 is 27.8 Å². The predicted octanol–water partition coefficient (Wildman–Crippen LogP) is 2.14. The van der Waals surface area contributed by atoms with Crippen LogP contribution in [0.2, 0.25) is 0 Å². The van der Waals surface area contributed by atoms with E-state index in [2.05, 4.69) is 15.9 Å². The molecule has 0 unspecified atom stereocenters. The first kappa shape index (κ1) is 12.1. The largest absolute Gasteiger partial charge is 0.480 e. The maximum atomic E-state index is 12.2. The Balaban J connectivity index is 2.23. The summed E-state index contributed by atoms with van der Waals surface area (Å²) in [7, 11) is 0. The minimum absolute atomic E-state index is 0.212. The summed E-state index contributed by atoms with van der Waals surface area (Å²) in [5.41, 5.74) is 0.521. The van der Waals surface area contributed by atoms with Gasteiger partial charge < -0.3 is 10.0 Å². The fourth-order valence-corrected chi connectivity index (χ4v) is 2.45. The molecule has 1 heterocycles. The maximum Gasteiger partial charge on any atom is 0.326 e. The van der Waals surface area contributed by atoms with Gasteiger partial charge in [0.25, 0.3) is 5.91 Å². The van der Waals surface area contributed by atoms with E-state index in [0.717, 1.165) is 10.9 Å². The summed E-state index contributed by atoms with van der Waals surface area (Å²) in [6.07, 6.45) is 1.28. The normalized spacial score (nSPS) is 19.4. The van der Waals surface area contributed by atoms with Crippen LogP contribution in [0.4, 0.5) is 0 Å². The van der Waals surface area contributed by atoms with Gasteiger partial charge in [-0.1, -0.05) is 22.0 Å². The molecule has 0 saturated carbocycles. The van der Waals surface area contributed by atoms with Gasteiger partial charge in [0, 0.05) is 16.6 Å². The van der Waals surface area contributed by atoms with Crippen molar-refractivity contribution in [3.63, 3.8) is 0 Å². The van der Waals surface area contributed by atoms with Crippen molar-refractivity contribution in [3.05, 3.63) is 34.3 Å². The van der Waals surface area contributed by atoms with Gasteiger partial charge in [-0.2, -0.15) is 0 Å². The second-order valence-corrected chi connectivity index (χ2v) is 4.92. The number of carboxylic acids is 1. The van der Waals surface area contributed by atoms with E-state index in [1.165, 1.54) is 4.90 Å². The van der Waals surface area contributed by atoms with Crippen molar-refractivity contribution < 1.29 is 14.7 Å². The van der Waals surface area contributed by atoms with Crippen LogP contribution in [0.15, 0.2) is 28.7 Å². The Morgan fingerprint density at radius 3 is 2.82 bits per heavy atom. The van der Waals surface area contributed by atoms with E-state index < -0.39 is 12.0 Å². The molecule has 4 nitrogen and oxygen atoms in total. The summed E-state index contributed by atoms with van der Waals surface area (Å²) < 4.78 is 0.814. The molecule has 1 fully saturated rings. The summed E-state index contributed by atoms with van der Waals surface area (Å²) >= 11 is 3.30. The van der Waals surface area contributed by atoms with Crippen LogP contribution >= 0.6 is 15.9 Å². The molecule has 1 N–H and O–H groups in total. The van der Waals surface area contributed by atoms with E-state index >= 15 is 0 Å². The van der Waals surface area contributed by atoms with Crippen molar-refractivity contribution in [2.24, 2.45) is 0 Å². The molecule has 17 heavy (non-hydrogen) atoms. The lowest BCUT2D eigenvalue weighted by molar-refractivity contribution is -0.141. The maximum absolute atomic E-state index is 12.2. The first-order chi connectivity index (χ1) is 8.09. The number of carbonyl (C=O) groups is 2. The van der Waals surface area contributed by atoms with Gasteiger partial charge in [0.1, 0.15) is 6.04 Å². The lowest BCUT2D eigenvalue weighted by Crippen LogP contribution is -2.40. The zero-order chi connectivity index (χ0) is 12.4. The monoisotopic (exact) mass is 297 g/mol. The molecule has 0 aromatic heterocycles. The highest BCUT2D eigenvalue weighted by Crippen LogP contribution is 2.21. The number of carboxylic acid groups (broad SMARTS) is 1. The molecule has 90 valence electrons. The first-order valence-corrected chi connectivity index (χ1v) is 6.18. The van der Waals surface area contributed by atoms with Crippen LogP contribution in [0.1, 0.15) is 23.2 Å². The molecule has 1 atom stereocenters. The highest BCUT2D eigenvalue weighted by molar-refractivity contribution is 9.10. The number of rotatable bonds is 2. The molecule has 5 heteroatoms. The van der Waals surface area contributed by atoms with Crippen LogP contribution in [0.3, 0.4) is 0 Å². The lowest BCUT2D eigenvalue weighted by Gasteiger charge is -2.21. The number of nitrogens with zero attached hydrogens (tertiary/aromatic N) is 1. The fraction of sp³-hybridized carbons (Fsp3) is 0.333. The van der Waals surface area contributed by atoms with E-state index in [4.69, 9.17) is 5.11 Å². The van der Waals surface area contributed by atoms with Crippen LogP contribution in [0, 0.1) is 0 Å². The second-order valence-electron chi connectivity index (χ2n) is 4.01. The molecule has 0 bridgehead atoms. The quantitative estimate of drug-likeness (QED) is 0.910. The highest BCUT2D eigenvalue weighted by Gasteiger charge is 2.34. The van der Waals surface area contributed by atoms with Crippen molar-refractivity contribution in [2.75, 3.05) is 6.54 Å². The van der Waals surface area contributed by atoms with Gasteiger partial charge in [0.2, 0.25) is 0 Å². The van der Waals surface area contributed by atoms with Crippen molar-refractivity contribution in [3.8, 4) is 0 Å². The third-order valence-electron chi connectivity index (χ3n) is 2.87. The van der Waals surface area contributed by atoms with Gasteiger partial charge in [-0.25, -0.2) is 4.79 Å². The van der Waals surface area contributed by atoms with Crippen LogP contribution in [0.25, 0.3) is 0 Å². The SMILES string of the molecule is O=C(O)[C@H]1CCCN1C(=O)c1cccc(Br)c1. The Labute approximate surface area is 107 Å². The van der Waals surface area contributed by atoms with Gasteiger partial charge in [-0.3, -0.25) is 4.79 Å². The predicted molar refractivity (Wildman–Crippen MR) is 65.8 cm³/mol. The van der Waals surface area contributed by atoms with Crippen LogP contribution in [0.5, 0.6) is 0 Å². The number of aliphatic carboxylic acids is 1. The molecule has 1 saturated heterocycles. The summed E-state index contributed by atoms with van der Waals surface area (Å²) in [6.45, 7) is 0.516. The van der Waals surface area contributed by atoms with E-state index in [9.17, 15) is 9.59 Å². The molecular formula is C12H12BrNO3. The van der Waals surface area contributed by atoms with E-state index in [1.54, 1.807) is 18.2 Å². The average molecular weight is 298 g/mol. The molecule has 0 spiro atoms. The topological polar surface area (TPSA) is 57.6 Å². The van der Waals surface area contributed by atoms with Gasteiger partial charge in [0.15, 0.2) is 0 Å². The van der Waals surface area contributed by atoms with E-state index in [0.29, 0.717) is 18.5 Å². The number of carbonyl (C=O) groups excluding carboxylic acids is 1. The third kappa shape index (κ3) is 2.49. The molecular weight excluding hydrogens is 286 g/mol. The van der Waals surface area contributed by atoms with Crippen LogP contribution in [-0.4, -0.2) is 34.5 Å². The number of hydrogen-bond donors (Lipinski definition) is 1. The Morgan fingerprint density at radius 1 is 1.41 bits per heavy atom. The zero-order valence-electron chi connectivity index (χ0n) is 9.10. The van der Waals surface area contributed by atoms with Crippen molar-refractivity contribution in [1.29, 1.82) is 0 Å². The van der Waals surface area contributed by atoms with Gasteiger partial charge >= 0.3 is 5.97 Å². The lowest BCUT2D eigenvalue weighted by atomic mass is 10.1. The molecule has 2 rings (SSSR count). The number of likely N-dealkylation sites (tertiary alicyclic amines) is 1. The van der Waals surface area contributed by atoms with Crippen molar-refractivity contribution in [2.45, 2.75) is 18.9 Å². The Hall–Kier alpha value is -1.36. The summed E-state index contributed by atoms with van der Waals surface area (Å²) in [5, 5.41) is 9.03. The summed E-state index contributed by atoms with van der Waals surface area (Å²) in [4.78, 5) is 24.6. The second kappa shape index (κ2) is 4.87. The standard InChI is InChI=1S/C12H12BrNO3/c13-9-4-1-3-8(7-9)11(15)14-6-2-5-10(14)12(16)17/h1,3-4,7,10H,2,5-6H2,(H,16,17)/t10-/m1/s1. The molecule has 1 aliphatic heterocycles. The van der Waals surface area contributed by atoms with Gasteiger partial charge in [-0.05, 0) is 31.0 Å².